The van der Waals surface area contributed by atoms with Gasteiger partial charge in [0.2, 0.25) is 5.65 Å². The maximum atomic E-state index is 4.66. The van der Waals surface area contributed by atoms with Crippen LogP contribution in [-0.4, -0.2) is 34.6 Å². The van der Waals surface area contributed by atoms with Crippen LogP contribution in [0.4, 0.5) is 5.69 Å². The van der Waals surface area contributed by atoms with Crippen LogP contribution in [0.5, 0.6) is 0 Å². The minimum Gasteiger partial charge on any atom is -0.375 e. The van der Waals surface area contributed by atoms with Crippen LogP contribution in [0.3, 0.4) is 0 Å². The summed E-state index contributed by atoms with van der Waals surface area (Å²) < 4.78 is 3.55. The van der Waals surface area contributed by atoms with Gasteiger partial charge < -0.3 is 5.32 Å². The maximum absolute atomic E-state index is 4.66. The lowest BCUT2D eigenvalue weighted by Gasteiger charge is -2.21. The second-order valence-corrected chi connectivity index (χ2v) is 6.96. The lowest BCUT2D eigenvalue weighted by Crippen LogP contribution is -2.15. The number of anilines is 1. The van der Waals surface area contributed by atoms with Gasteiger partial charge in [-0.3, -0.25) is 4.68 Å². The molecule has 0 aliphatic heterocycles. The Bertz CT molecular complexity index is 1220. The quantitative estimate of drug-likeness (QED) is 0.452. The van der Waals surface area contributed by atoms with Crippen LogP contribution < -0.4 is 5.32 Å². The summed E-state index contributed by atoms with van der Waals surface area (Å²) in [6.07, 6.45) is 5.75. The van der Waals surface area contributed by atoms with E-state index in [4.69, 9.17) is 0 Å². The molecule has 3 heterocycles. The van der Waals surface area contributed by atoms with E-state index in [1.54, 1.807) is 23.5 Å². The fraction of sp³-hybridized carbons (Fsp3) is 0.136. The Hall–Kier alpha value is -4.07. The van der Waals surface area contributed by atoms with Crippen LogP contribution in [0, 0.1) is 0 Å². The van der Waals surface area contributed by atoms with Gasteiger partial charge in [0, 0.05) is 12.1 Å². The number of rotatable bonds is 7. The molecule has 0 spiro atoms. The average Bonchev–Trinajstić information content (AvgIpc) is 3.49. The normalized spacial score (nSPS) is 12.1. The number of benzene rings is 2. The van der Waals surface area contributed by atoms with Crippen molar-refractivity contribution in [3.63, 3.8) is 0 Å². The second-order valence-electron chi connectivity index (χ2n) is 6.96. The van der Waals surface area contributed by atoms with Gasteiger partial charge in [-0.25, -0.2) is 4.98 Å². The number of hydrogen-bond donors (Lipinski definition) is 1. The van der Waals surface area contributed by atoms with Crippen LogP contribution in [-0.2, 0) is 6.54 Å². The summed E-state index contributed by atoms with van der Waals surface area (Å²) in [4.78, 5) is 4.04. The predicted molar refractivity (Wildman–Crippen MR) is 114 cm³/mol. The summed E-state index contributed by atoms with van der Waals surface area (Å²) in [5.74, 6) is 0. The number of nitrogens with one attached hydrogen (secondary N) is 1. The monoisotopic (exact) mass is 396 g/mol. The lowest BCUT2D eigenvalue weighted by atomic mass is 10.0. The van der Waals surface area contributed by atoms with E-state index in [0.717, 1.165) is 29.9 Å². The number of hydrogen-bond acceptors (Lipinski definition) is 6. The largest absolute Gasteiger partial charge is 0.375 e. The van der Waals surface area contributed by atoms with Crippen molar-refractivity contribution in [3.05, 3.63) is 91.3 Å². The molecule has 1 N–H and O–H groups in total. The summed E-state index contributed by atoms with van der Waals surface area (Å²) in [5.41, 5.74) is 4.65. The Morgan fingerprint density at radius 2 is 1.73 bits per heavy atom. The minimum atomic E-state index is 0.0573. The SMILES string of the molecule is c1ccc(-c2cc(NC(CCn3cncn3)c3ccccc3)c3nncn3n2)cc1. The number of aromatic nitrogens is 7. The van der Waals surface area contributed by atoms with Gasteiger partial charge in [0.1, 0.15) is 19.0 Å². The average molecular weight is 396 g/mol. The highest BCUT2D eigenvalue weighted by atomic mass is 15.4. The topological polar surface area (TPSA) is 85.8 Å². The lowest BCUT2D eigenvalue weighted by molar-refractivity contribution is 0.538. The molecule has 1 atom stereocenters. The third kappa shape index (κ3) is 3.75. The highest BCUT2D eigenvalue weighted by Crippen LogP contribution is 2.28. The predicted octanol–water partition coefficient (Wildman–Crippen LogP) is 3.63. The fourth-order valence-corrected chi connectivity index (χ4v) is 3.49. The van der Waals surface area contributed by atoms with Crippen molar-refractivity contribution >= 4 is 11.3 Å². The van der Waals surface area contributed by atoms with E-state index >= 15 is 0 Å². The Morgan fingerprint density at radius 1 is 0.933 bits per heavy atom. The van der Waals surface area contributed by atoms with Gasteiger partial charge in [-0.05, 0) is 18.1 Å². The van der Waals surface area contributed by atoms with Crippen LogP contribution in [0.25, 0.3) is 16.9 Å². The van der Waals surface area contributed by atoms with Gasteiger partial charge in [-0.15, -0.1) is 10.2 Å². The molecule has 0 radical (unpaired) electrons. The summed E-state index contributed by atoms with van der Waals surface area (Å²) in [5, 5.41) is 20.9. The summed E-state index contributed by atoms with van der Waals surface area (Å²) in [6.45, 7) is 0.742. The molecule has 2 aromatic carbocycles. The molecule has 0 fully saturated rings. The van der Waals surface area contributed by atoms with Crippen molar-refractivity contribution in [2.75, 3.05) is 5.32 Å². The first-order chi connectivity index (χ1) is 14.9. The van der Waals surface area contributed by atoms with Gasteiger partial charge in [0.25, 0.3) is 0 Å². The van der Waals surface area contributed by atoms with Crippen LogP contribution in [0.15, 0.2) is 85.7 Å². The molecule has 3 aromatic heterocycles. The smallest absolute Gasteiger partial charge is 0.200 e. The molecule has 30 heavy (non-hydrogen) atoms. The highest BCUT2D eigenvalue weighted by Gasteiger charge is 2.16. The molecule has 0 saturated heterocycles. The van der Waals surface area contributed by atoms with Gasteiger partial charge in [0.15, 0.2) is 0 Å². The van der Waals surface area contributed by atoms with E-state index < -0.39 is 0 Å². The Labute approximate surface area is 173 Å². The molecule has 148 valence electrons. The zero-order valence-electron chi connectivity index (χ0n) is 16.2. The van der Waals surface area contributed by atoms with Gasteiger partial charge in [-0.1, -0.05) is 60.7 Å². The number of fused-ring (bicyclic) bond motifs is 1. The minimum absolute atomic E-state index is 0.0573. The first-order valence-corrected chi connectivity index (χ1v) is 9.77. The summed E-state index contributed by atoms with van der Waals surface area (Å²) in [7, 11) is 0. The zero-order valence-corrected chi connectivity index (χ0v) is 16.2. The molecule has 0 amide bonds. The van der Waals surface area contributed by atoms with E-state index in [9.17, 15) is 0 Å². The highest BCUT2D eigenvalue weighted by molar-refractivity contribution is 5.73. The van der Waals surface area contributed by atoms with Crippen molar-refractivity contribution < 1.29 is 0 Å². The van der Waals surface area contributed by atoms with Gasteiger partial charge in [0.05, 0.1) is 17.4 Å². The van der Waals surface area contributed by atoms with Crippen molar-refractivity contribution in [1.29, 1.82) is 0 Å². The Morgan fingerprint density at radius 3 is 2.50 bits per heavy atom. The molecule has 1 unspecified atom stereocenters. The van der Waals surface area contributed by atoms with Crippen LogP contribution in [0.1, 0.15) is 18.0 Å². The molecule has 0 aliphatic carbocycles. The van der Waals surface area contributed by atoms with E-state index in [1.165, 1.54) is 5.56 Å². The second kappa shape index (κ2) is 8.12. The first kappa shape index (κ1) is 18.0. The molecular formula is C22H20N8. The van der Waals surface area contributed by atoms with E-state index in [0.29, 0.717) is 5.65 Å². The fourth-order valence-electron chi connectivity index (χ4n) is 3.49. The van der Waals surface area contributed by atoms with Crippen LogP contribution in [0.2, 0.25) is 0 Å². The van der Waals surface area contributed by atoms with Gasteiger partial charge in [-0.2, -0.15) is 14.7 Å². The zero-order chi connectivity index (χ0) is 20.2. The van der Waals surface area contributed by atoms with E-state index in [1.807, 2.05) is 59.3 Å². The van der Waals surface area contributed by atoms with Crippen molar-refractivity contribution in [2.24, 2.45) is 0 Å². The third-order valence-electron chi connectivity index (χ3n) is 4.98. The molecule has 0 bridgehead atoms. The standard InChI is InChI=1S/C22H20N8/c1-3-7-17(8-4-1)19(11-12-29-15-23-14-25-29)26-21-13-20(18-9-5-2-6-10-18)28-30-16-24-27-22(21)30/h1-10,13-16,19,26H,11-12H2. The summed E-state index contributed by atoms with van der Waals surface area (Å²) >= 11 is 0. The molecule has 0 aliphatic rings. The molecule has 8 heteroatoms. The van der Waals surface area contributed by atoms with Crippen molar-refractivity contribution in [3.8, 4) is 11.3 Å². The molecular weight excluding hydrogens is 376 g/mol. The van der Waals surface area contributed by atoms with Crippen molar-refractivity contribution in [2.45, 2.75) is 19.0 Å². The molecule has 8 nitrogen and oxygen atoms in total. The first-order valence-electron chi connectivity index (χ1n) is 9.77. The van der Waals surface area contributed by atoms with Crippen molar-refractivity contribution in [1.82, 2.24) is 34.6 Å². The maximum Gasteiger partial charge on any atom is 0.200 e. The molecule has 5 rings (SSSR count). The third-order valence-corrected chi connectivity index (χ3v) is 4.98. The summed E-state index contributed by atoms with van der Waals surface area (Å²) in [6, 6.07) is 22.6. The molecule has 0 saturated carbocycles. The van der Waals surface area contributed by atoms with Gasteiger partial charge >= 0.3 is 0 Å². The number of aryl methyl sites for hydroxylation is 1. The number of nitrogens with zero attached hydrogens (tertiary/aromatic N) is 7. The van der Waals surface area contributed by atoms with Crippen LogP contribution >= 0.6 is 0 Å². The van der Waals surface area contributed by atoms with E-state index in [-0.39, 0.29) is 6.04 Å². The Kier molecular flexibility index (Phi) is 4.87. The molecule has 5 aromatic rings. The Balaban J connectivity index is 1.51. The van der Waals surface area contributed by atoms with E-state index in [2.05, 4.69) is 42.8 Å².